The lowest BCUT2D eigenvalue weighted by Crippen LogP contribution is -1.97. The van der Waals surface area contributed by atoms with Crippen molar-refractivity contribution in [2.45, 2.75) is 6.61 Å². The first-order valence-corrected chi connectivity index (χ1v) is 5.54. The second kappa shape index (κ2) is 5.77. The van der Waals surface area contributed by atoms with Gasteiger partial charge >= 0.3 is 0 Å². The van der Waals surface area contributed by atoms with E-state index in [0.717, 1.165) is 5.56 Å². The Morgan fingerprint density at radius 2 is 1.50 bits per heavy atom. The van der Waals surface area contributed by atoms with Gasteiger partial charge < -0.3 is 4.74 Å². The molecule has 3 heteroatoms. The van der Waals surface area contributed by atoms with Crippen LogP contribution in [-0.4, -0.2) is 12.6 Å². The fourth-order valence-corrected chi connectivity index (χ4v) is 1.61. The summed E-state index contributed by atoms with van der Waals surface area (Å²) < 4.78 is 5.56. The van der Waals surface area contributed by atoms with E-state index in [0.29, 0.717) is 36.1 Å². The fourth-order valence-electron chi connectivity index (χ4n) is 1.61. The summed E-state index contributed by atoms with van der Waals surface area (Å²) in [6, 6.07) is 14.4. The van der Waals surface area contributed by atoms with Crippen LogP contribution in [0.4, 0.5) is 0 Å². The van der Waals surface area contributed by atoms with Crippen molar-refractivity contribution in [3.8, 4) is 5.75 Å². The maximum Gasteiger partial charge on any atom is 0.150 e. The van der Waals surface area contributed by atoms with Gasteiger partial charge in [-0.15, -0.1) is 0 Å². The van der Waals surface area contributed by atoms with Gasteiger partial charge in [-0.3, -0.25) is 9.59 Å². The standard InChI is InChI=1S/C15H12O3/c16-9-13-6-14(10-17)8-15(7-13)18-11-12-4-2-1-3-5-12/h1-10H,11H2. The van der Waals surface area contributed by atoms with Crippen LogP contribution in [0.15, 0.2) is 48.5 Å². The van der Waals surface area contributed by atoms with Crippen molar-refractivity contribution in [3.05, 3.63) is 65.2 Å². The summed E-state index contributed by atoms with van der Waals surface area (Å²) in [6.07, 6.45) is 1.39. The minimum absolute atomic E-state index is 0.404. The summed E-state index contributed by atoms with van der Waals surface area (Å²) in [5.41, 5.74) is 1.90. The van der Waals surface area contributed by atoms with Gasteiger partial charge in [0.1, 0.15) is 24.9 Å². The van der Waals surface area contributed by atoms with E-state index in [4.69, 9.17) is 4.74 Å². The predicted octanol–water partition coefficient (Wildman–Crippen LogP) is 2.89. The summed E-state index contributed by atoms with van der Waals surface area (Å²) in [5, 5.41) is 0. The third kappa shape index (κ3) is 3.04. The minimum atomic E-state index is 0.404. The molecule has 0 spiro atoms. The number of hydrogen-bond acceptors (Lipinski definition) is 3. The van der Waals surface area contributed by atoms with Gasteiger partial charge in [-0.05, 0) is 23.8 Å². The van der Waals surface area contributed by atoms with Crippen molar-refractivity contribution < 1.29 is 14.3 Å². The average Bonchev–Trinajstić information content (AvgIpc) is 2.45. The molecule has 0 aliphatic heterocycles. The van der Waals surface area contributed by atoms with Gasteiger partial charge in [0.25, 0.3) is 0 Å². The summed E-state index contributed by atoms with van der Waals surface area (Å²) >= 11 is 0. The number of carbonyl (C=O) groups excluding carboxylic acids is 2. The van der Waals surface area contributed by atoms with E-state index in [1.807, 2.05) is 30.3 Å². The van der Waals surface area contributed by atoms with Crippen LogP contribution in [0.5, 0.6) is 5.75 Å². The van der Waals surface area contributed by atoms with E-state index in [1.54, 1.807) is 12.1 Å². The maximum atomic E-state index is 10.7. The van der Waals surface area contributed by atoms with Crippen molar-refractivity contribution in [2.24, 2.45) is 0 Å². The molecule has 3 nitrogen and oxygen atoms in total. The molecule has 0 saturated heterocycles. The monoisotopic (exact) mass is 240 g/mol. The first kappa shape index (κ1) is 12.0. The number of hydrogen-bond donors (Lipinski definition) is 0. The zero-order valence-corrected chi connectivity index (χ0v) is 9.71. The highest BCUT2D eigenvalue weighted by Gasteiger charge is 2.01. The summed E-state index contributed by atoms with van der Waals surface area (Å²) in [6.45, 7) is 0.404. The molecule has 0 saturated carbocycles. The molecule has 0 amide bonds. The third-order valence-corrected chi connectivity index (χ3v) is 2.47. The van der Waals surface area contributed by atoms with Gasteiger partial charge in [-0.25, -0.2) is 0 Å². The summed E-state index contributed by atoms with van der Waals surface area (Å²) in [5.74, 6) is 0.519. The molecule has 0 atom stereocenters. The molecule has 2 rings (SSSR count). The van der Waals surface area contributed by atoms with Crippen LogP contribution in [0, 0.1) is 0 Å². The average molecular weight is 240 g/mol. The van der Waals surface area contributed by atoms with Gasteiger partial charge in [-0.1, -0.05) is 30.3 Å². The molecule has 0 radical (unpaired) electrons. The van der Waals surface area contributed by atoms with Crippen molar-refractivity contribution in [3.63, 3.8) is 0 Å². The Balaban J connectivity index is 2.13. The van der Waals surface area contributed by atoms with Gasteiger partial charge in [0.2, 0.25) is 0 Å². The first-order chi connectivity index (χ1) is 8.81. The molecule has 0 aliphatic carbocycles. The van der Waals surface area contributed by atoms with Crippen LogP contribution in [0.25, 0.3) is 0 Å². The SMILES string of the molecule is O=Cc1cc(C=O)cc(OCc2ccccc2)c1. The van der Waals surface area contributed by atoms with Crippen LogP contribution in [0.1, 0.15) is 26.3 Å². The highest BCUT2D eigenvalue weighted by molar-refractivity contribution is 5.83. The molecule has 0 aliphatic rings. The predicted molar refractivity (Wildman–Crippen MR) is 68.0 cm³/mol. The Bertz CT molecular complexity index is 521. The molecular weight excluding hydrogens is 228 g/mol. The highest BCUT2D eigenvalue weighted by atomic mass is 16.5. The zero-order chi connectivity index (χ0) is 12.8. The Morgan fingerprint density at radius 1 is 0.889 bits per heavy atom. The largest absolute Gasteiger partial charge is 0.489 e. The Morgan fingerprint density at radius 3 is 2.06 bits per heavy atom. The Hall–Kier alpha value is -2.42. The van der Waals surface area contributed by atoms with Crippen molar-refractivity contribution >= 4 is 12.6 Å². The quantitative estimate of drug-likeness (QED) is 0.755. The molecular formula is C15H12O3. The molecule has 0 fully saturated rings. The van der Waals surface area contributed by atoms with Gasteiger partial charge in [0.05, 0.1) is 0 Å². The van der Waals surface area contributed by atoms with E-state index in [9.17, 15) is 9.59 Å². The number of benzene rings is 2. The topological polar surface area (TPSA) is 43.4 Å². The van der Waals surface area contributed by atoms with Crippen LogP contribution < -0.4 is 4.74 Å². The van der Waals surface area contributed by atoms with E-state index in [-0.39, 0.29) is 0 Å². The molecule has 2 aromatic carbocycles. The summed E-state index contributed by atoms with van der Waals surface area (Å²) in [7, 11) is 0. The minimum Gasteiger partial charge on any atom is -0.489 e. The molecule has 0 unspecified atom stereocenters. The van der Waals surface area contributed by atoms with Crippen molar-refractivity contribution in [1.29, 1.82) is 0 Å². The first-order valence-electron chi connectivity index (χ1n) is 5.54. The lowest BCUT2D eigenvalue weighted by Gasteiger charge is -2.07. The highest BCUT2D eigenvalue weighted by Crippen LogP contribution is 2.17. The number of carbonyl (C=O) groups is 2. The maximum absolute atomic E-state index is 10.7. The normalized spacial score (nSPS) is 9.78. The molecule has 90 valence electrons. The fraction of sp³-hybridized carbons (Fsp3) is 0.0667. The second-order valence-corrected chi connectivity index (χ2v) is 3.85. The van der Waals surface area contributed by atoms with E-state index < -0.39 is 0 Å². The van der Waals surface area contributed by atoms with E-state index >= 15 is 0 Å². The summed E-state index contributed by atoms with van der Waals surface area (Å²) in [4.78, 5) is 21.5. The Labute approximate surface area is 105 Å². The van der Waals surface area contributed by atoms with Crippen molar-refractivity contribution in [2.75, 3.05) is 0 Å². The molecule has 0 bridgehead atoms. The molecule has 0 heterocycles. The smallest absolute Gasteiger partial charge is 0.150 e. The van der Waals surface area contributed by atoms with Crippen LogP contribution in [0.3, 0.4) is 0 Å². The molecule has 0 N–H and O–H groups in total. The molecule has 18 heavy (non-hydrogen) atoms. The van der Waals surface area contributed by atoms with Crippen LogP contribution >= 0.6 is 0 Å². The number of aldehydes is 2. The lowest BCUT2D eigenvalue weighted by molar-refractivity contribution is 0.112. The lowest BCUT2D eigenvalue weighted by atomic mass is 10.1. The second-order valence-electron chi connectivity index (χ2n) is 3.85. The molecule has 2 aromatic rings. The van der Waals surface area contributed by atoms with E-state index in [1.165, 1.54) is 6.07 Å². The van der Waals surface area contributed by atoms with Gasteiger partial charge in [0.15, 0.2) is 0 Å². The molecule has 0 aromatic heterocycles. The number of ether oxygens (including phenoxy) is 1. The van der Waals surface area contributed by atoms with Gasteiger partial charge in [-0.2, -0.15) is 0 Å². The van der Waals surface area contributed by atoms with Crippen LogP contribution in [-0.2, 0) is 6.61 Å². The number of rotatable bonds is 5. The van der Waals surface area contributed by atoms with Crippen molar-refractivity contribution in [1.82, 2.24) is 0 Å². The van der Waals surface area contributed by atoms with Gasteiger partial charge in [0, 0.05) is 11.1 Å². The van der Waals surface area contributed by atoms with Crippen LogP contribution in [0.2, 0.25) is 0 Å². The van der Waals surface area contributed by atoms with E-state index in [2.05, 4.69) is 0 Å². The third-order valence-electron chi connectivity index (χ3n) is 2.47. The Kier molecular flexibility index (Phi) is 3.86. The zero-order valence-electron chi connectivity index (χ0n) is 9.71.